The molecule has 25 heavy (non-hydrogen) atoms. The molecule has 2 aromatic rings. The zero-order valence-corrected chi connectivity index (χ0v) is 14.0. The number of rotatable bonds is 4. The van der Waals surface area contributed by atoms with Gasteiger partial charge in [0.15, 0.2) is 0 Å². The number of carbonyl (C=O) groups is 1. The molecule has 0 radical (unpaired) electrons. The first-order valence-corrected chi connectivity index (χ1v) is 8.10. The second-order valence-electron chi connectivity index (χ2n) is 5.52. The molecule has 0 saturated carbocycles. The summed E-state index contributed by atoms with van der Waals surface area (Å²) in [5.74, 6) is -0.328. The topological polar surface area (TPSA) is 84.7 Å². The molecule has 1 fully saturated rings. The third kappa shape index (κ3) is 4.07. The summed E-state index contributed by atoms with van der Waals surface area (Å²) in [5.41, 5.74) is 1.51. The predicted molar refractivity (Wildman–Crippen MR) is 95.5 cm³/mol. The maximum atomic E-state index is 12.5. The van der Waals surface area contributed by atoms with E-state index in [4.69, 9.17) is 16.3 Å². The zero-order valence-electron chi connectivity index (χ0n) is 13.3. The molecule has 0 atom stereocenters. The Morgan fingerprint density at radius 1 is 1.20 bits per heavy atom. The van der Waals surface area contributed by atoms with Crippen LogP contribution in [0.3, 0.4) is 0 Å². The number of benzene rings is 2. The van der Waals surface area contributed by atoms with E-state index in [9.17, 15) is 14.9 Å². The van der Waals surface area contributed by atoms with Crippen molar-refractivity contribution in [1.29, 1.82) is 0 Å². The van der Waals surface area contributed by atoms with E-state index in [1.165, 1.54) is 12.1 Å². The van der Waals surface area contributed by atoms with E-state index in [2.05, 4.69) is 5.32 Å². The van der Waals surface area contributed by atoms with Crippen LogP contribution in [0, 0.1) is 10.1 Å². The summed E-state index contributed by atoms with van der Waals surface area (Å²) < 4.78 is 5.32. The quantitative estimate of drug-likeness (QED) is 0.667. The van der Waals surface area contributed by atoms with Crippen molar-refractivity contribution in [2.24, 2.45) is 0 Å². The summed E-state index contributed by atoms with van der Waals surface area (Å²) in [6.07, 6.45) is 0. The molecule has 7 nitrogen and oxygen atoms in total. The molecule has 0 unspecified atom stereocenters. The van der Waals surface area contributed by atoms with Gasteiger partial charge in [0.1, 0.15) is 0 Å². The maximum absolute atomic E-state index is 12.5. The zero-order chi connectivity index (χ0) is 17.8. The van der Waals surface area contributed by atoms with Crippen molar-refractivity contribution in [3.8, 4) is 0 Å². The number of morpholine rings is 1. The number of nitro groups is 1. The Hall–Kier alpha value is -2.64. The minimum Gasteiger partial charge on any atom is -0.378 e. The number of nitrogens with one attached hydrogen (secondary N) is 1. The van der Waals surface area contributed by atoms with Crippen LogP contribution in [0.2, 0.25) is 5.02 Å². The van der Waals surface area contributed by atoms with Crippen LogP contribution in [0.15, 0.2) is 42.5 Å². The number of ether oxygens (including phenoxy) is 1. The molecule has 1 aliphatic rings. The molecule has 0 bridgehead atoms. The number of non-ortho nitro benzene ring substituents is 1. The lowest BCUT2D eigenvalue weighted by Crippen LogP contribution is -2.36. The Labute approximate surface area is 149 Å². The van der Waals surface area contributed by atoms with Crippen molar-refractivity contribution < 1.29 is 14.5 Å². The molecule has 2 aromatic carbocycles. The Bertz CT molecular complexity index is 806. The van der Waals surface area contributed by atoms with E-state index in [0.717, 1.165) is 0 Å². The lowest BCUT2D eigenvalue weighted by atomic mass is 10.1. The number of nitrogens with zero attached hydrogens (tertiary/aromatic N) is 2. The number of carbonyl (C=O) groups excluding carboxylic acids is 1. The molecule has 1 N–H and O–H groups in total. The van der Waals surface area contributed by atoms with Gasteiger partial charge in [-0.2, -0.15) is 0 Å². The molecule has 0 spiro atoms. The number of halogens is 1. The van der Waals surface area contributed by atoms with Crippen LogP contribution in [0.4, 0.5) is 17.1 Å². The second-order valence-corrected chi connectivity index (χ2v) is 5.96. The summed E-state index contributed by atoms with van der Waals surface area (Å²) in [4.78, 5) is 25.1. The minimum atomic E-state index is -0.452. The summed E-state index contributed by atoms with van der Waals surface area (Å²) in [7, 11) is 0. The van der Waals surface area contributed by atoms with Gasteiger partial charge in [-0.05, 0) is 24.3 Å². The third-order valence-electron chi connectivity index (χ3n) is 3.88. The van der Waals surface area contributed by atoms with Crippen LogP contribution >= 0.6 is 11.6 Å². The van der Waals surface area contributed by atoms with Crippen molar-refractivity contribution in [1.82, 2.24) is 0 Å². The van der Waals surface area contributed by atoms with Crippen molar-refractivity contribution >= 4 is 34.6 Å². The monoisotopic (exact) mass is 361 g/mol. The normalized spacial score (nSPS) is 14.2. The van der Waals surface area contributed by atoms with E-state index < -0.39 is 4.92 Å². The summed E-state index contributed by atoms with van der Waals surface area (Å²) in [6.45, 7) is 2.26. The standard InChI is InChI=1S/C17H16ClN3O4/c18-13-3-1-2-12(10-13)17(22)19-15-5-4-14(21(23)24)11-16(15)20-6-8-25-9-7-20/h1-5,10-11H,6-9H2,(H,19,22). The fourth-order valence-corrected chi connectivity index (χ4v) is 2.82. The number of anilines is 2. The maximum Gasteiger partial charge on any atom is 0.271 e. The van der Waals surface area contributed by atoms with Gasteiger partial charge in [0.2, 0.25) is 0 Å². The van der Waals surface area contributed by atoms with Crippen LogP contribution in [0.25, 0.3) is 0 Å². The van der Waals surface area contributed by atoms with Crippen molar-refractivity contribution in [3.63, 3.8) is 0 Å². The predicted octanol–water partition coefficient (Wildman–Crippen LogP) is 3.34. The van der Waals surface area contributed by atoms with Crippen molar-refractivity contribution in [2.45, 2.75) is 0 Å². The van der Waals surface area contributed by atoms with Crippen LogP contribution in [-0.2, 0) is 4.74 Å². The van der Waals surface area contributed by atoms with E-state index in [1.54, 1.807) is 30.3 Å². The largest absolute Gasteiger partial charge is 0.378 e. The highest BCUT2D eigenvalue weighted by Crippen LogP contribution is 2.31. The number of amides is 1. The van der Waals surface area contributed by atoms with Gasteiger partial charge < -0.3 is 15.0 Å². The molecule has 0 aliphatic carbocycles. The number of hydrogen-bond acceptors (Lipinski definition) is 5. The van der Waals surface area contributed by atoms with Crippen LogP contribution in [0.1, 0.15) is 10.4 Å². The molecule has 0 aromatic heterocycles. The summed E-state index contributed by atoms with van der Waals surface area (Å²) in [6, 6.07) is 11.0. The number of nitro benzene ring substituents is 1. The highest BCUT2D eigenvalue weighted by molar-refractivity contribution is 6.31. The molecular formula is C17H16ClN3O4. The van der Waals surface area contributed by atoms with Gasteiger partial charge in [-0.3, -0.25) is 14.9 Å². The van der Waals surface area contributed by atoms with Gasteiger partial charge in [-0.25, -0.2) is 0 Å². The fourth-order valence-electron chi connectivity index (χ4n) is 2.63. The van der Waals surface area contributed by atoms with Gasteiger partial charge in [-0.1, -0.05) is 17.7 Å². The first-order chi connectivity index (χ1) is 12.0. The molecular weight excluding hydrogens is 346 g/mol. The first-order valence-electron chi connectivity index (χ1n) is 7.72. The SMILES string of the molecule is O=C(Nc1ccc([N+](=O)[O-])cc1N1CCOCC1)c1cccc(Cl)c1. The molecule has 1 aliphatic heterocycles. The molecule has 8 heteroatoms. The van der Waals surface area contributed by atoms with Crippen molar-refractivity contribution in [2.75, 3.05) is 36.5 Å². The Balaban J connectivity index is 1.91. The highest BCUT2D eigenvalue weighted by atomic mass is 35.5. The van der Waals surface area contributed by atoms with Crippen LogP contribution in [0.5, 0.6) is 0 Å². The fraction of sp³-hybridized carbons (Fsp3) is 0.235. The van der Waals surface area contributed by atoms with Crippen LogP contribution < -0.4 is 10.2 Å². The molecule has 1 amide bonds. The molecule has 1 saturated heterocycles. The molecule has 1 heterocycles. The molecule has 3 rings (SSSR count). The van der Waals surface area contributed by atoms with E-state index in [1.807, 2.05) is 4.90 Å². The average molecular weight is 362 g/mol. The van der Waals surface area contributed by atoms with E-state index >= 15 is 0 Å². The van der Waals surface area contributed by atoms with Gasteiger partial charge in [-0.15, -0.1) is 0 Å². The summed E-state index contributed by atoms with van der Waals surface area (Å²) in [5, 5.41) is 14.4. The van der Waals surface area contributed by atoms with Gasteiger partial charge >= 0.3 is 0 Å². The average Bonchev–Trinajstić information content (AvgIpc) is 2.62. The first kappa shape index (κ1) is 17.2. The number of hydrogen-bond donors (Lipinski definition) is 1. The Morgan fingerprint density at radius 3 is 2.64 bits per heavy atom. The lowest BCUT2D eigenvalue weighted by molar-refractivity contribution is -0.384. The van der Waals surface area contributed by atoms with Crippen LogP contribution in [-0.4, -0.2) is 37.1 Å². The summed E-state index contributed by atoms with van der Waals surface area (Å²) >= 11 is 5.92. The highest BCUT2D eigenvalue weighted by Gasteiger charge is 2.20. The second kappa shape index (κ2) is 7.50. The minimum absolute atomic E-state index is 0.0257. The van der Waals surface area contributed by atoms with Crippen molar-refractivity contribution in [3.05, 3.63) is 63.2 Å². The Kier molecular flexibility index (Phi) is 5.16. The van der Waals surface area contributed by atoms with Gasteiger partial charge in [0, 0.05) is 35.8 Å². The van der Waals surface area contributed by atoms with Gasteiger partial charge in [0.05, 0.1) is 29.5 Å². The lowest BCUT2D eigenvalue weighted by Gasteiger charge is -2.30. The molecule has 130 valence electrons. The Morgan fingerprint density at radius 2 is 1.96 bits per heavy atom. The smallest absolute Gasteiger partial charge is 0.271 e. The van der Waals surface area contributed by atoms with E-state index in [0.29, 0.717) is 48.3 Å². The van der Waals surface area contributed by atoms with Gasteiger partial charge in [0.25, 0.3) is 11.6 Å². The third-order valence-corrected chi connectivity index (χ3v) is 4.11. The van der Waals surface area contributed by atoms with E-state index in [-0.39, 0.29) is 11.6 Å².